The molecule has 0 amide bonds. The molecule has 0 spiro atoms. The Hall–Kier alpha value is -0.0800. The van der Waals surface area contributed by atoms with Crippen LogP contribution in [0.5, 0.6) is 0 Å². The first-order valence-electron chi connectivity index (χ1n) is 8.58. The van der Waals surface area contributed by atoms with Crippen molar-refractivity contribution >= 4 is 0 Å². The van der Waals surface area contributed by atoms with Crippen LogP contribution >= 0.6 is 0 Å². The van der Waals surface area contributed by atoms with E-state index in [1.165, 1.54) is 64.5 Å². The molecule has 1 aliphatic carbocycles. The Labute approximate surface area is 119 Å². The van der Waals surface area contributed by atoms with Gasteiger partial charge in [-0.15, -0.1) is 0 Å². The van der Waals surface area contributed by atoms with Crippen molar-refractivity contribution in [2.75, 3.05) is 19.7 Å². The molecule has 0 aromatic rings. The molecule has 0 aromatic carbocycles. The lowest BCUT2D eigenvalue weighted by molar-refractivity contribution is 0.0897. The van der Waals surface area contributed by atoms with Crippen molar-refractivity contribution < 1.29 is 4.74 Å². The monoisotopic (exact) mass is 267 g/mol. The van der Waals surface area contributed by atoms with Gasteiger partial charge in [-0.1, -0.05) is 33.1 Å². The van der Waals surface area contributed by atoms with E-state index in [9.17, 15) is 0 Å². The third-order valence-corrected chi connectivity index (χ3v) is 4.91. The lowest BCUT2D eigenvalue weighted by Crippen LogP contribution is -2.32. The van der Waals surface area contributed by atoms with Gasteiger partial charge in [-0.05, 0) is 62.9 Å². The molecule has 0 aromatic heterocycles. The molecule has 0 radical (unpaired) electrons. The van der Waals surface area contributed by atoms with Gasteiger partial charge in [0.25, 0.3) is 0 Å². The van der Waals surface area contributed by atoms with Gasteiger partial charge in [-0.25, -0.2) is 0 Å². The van der Waals surface area contributed by atoms with E-state index in [2.05, 4.69) is 19.2 Å². The molecule has 2 nitrogen and oxygen atoms in total. The molecular weight excluding hydrogens is 234 g/mol. The predicted molar refractivity (Wildman–Crippen MR) is 81.4 cm³/mol. The Morgan fingerprint density at radius 3 is 2.47 bits per heavy atom. The summed E-state index contributed by atoms with van der Waals surface area (Å²) in [5.74, 6) is 2.65. The van der Waals surface area contributed by atoms with E-state index in [1.54, 1.807) is 0 Å². The molecule has 1 heterocycles. The quantitative estimate of drug-likeness (QED) is 0.753. The Morgan fingerprint density at radius 1 is 1.00 bits per heavy atom. The number of ether oxygens (including phenoxy) is 1. The van der Waals surface area contributed by atoms with E-state index in [0.717, 1.165) is 24.4 Å². The van der Waals surface area contributed by atoms with Crippen LogP contribution in [-0.2, 0) is 4.74 Å². The first-order chi connectivity index (χ1) is 9.25. The zero-order valence-electron chi connectivity index (χ0n) is 13.0. The molecule has 0 bridgehead atoms. The van der Waals surface area contributed by atoms with Crippen LogP contribution in [0, 0.1) is 17.8 Å². The van der Waals surface area contributed by atoms with Crippen molar-refractivity contribution in [1.29, 1.82) is 0 Å². The largest absolute Gasteiger partial charge is 0.378 e. The minimum Gasteiger partial charge on any atom is -0.378 e. The van der Waals surface area contributed by atoms with Crippen LogP contribution in [0.1, 0.15) is 65.2 Å². The van der Waals surface area contributed by atoms with E-state index in [0.29, 0.717) is 6.10 Å². The highest BCUT2D eigenvalue weighted by Gasteiger charge is 2.26. The van der Waals surface area contributed by atoms with Gasteiger partial charge < -0.3 is 10.1 Å². The van der Waals surface area contributed by atoms with Crippen LogP contribution in [0.2, 0.25) is 0 Å². The number of hydrogen-bond acceptors (Lipinski definition) is 2. The van der Waals surface area contributed by atoms with Crippen molar-refractivity contribution in [3.8, 4) is 0 Å². The summed E-state index contributed by atoms with van der Waals surface area (Å²) in [6, 6.07) is 0. The fourth-order valence-electron chi connectivity index (χ4n) is 3.76. The normalized spacial score (nSPS) is 32.1. The van der Waals surface area contributed by atoms with Gasteiger partial charge in [0.2, 0.25) is 0 Å². The van der Waals surface area contributed by atoms with Gasteiger partial charge in [0.1, 0.15) is 0 Å². The maximum Gasteiger partial charge on any atom is 0.0576 e. The molecule has 2 heteroatoms. The second kappa shape index (κ2) is 8.26. The Kier molecular flexibility index (Phi) is 6.66. The molecular formula is C17H33NO. The molecule has 2 aliphatic rings. The van der Waals surface area contributed by atoms with E-state index >= 15 is 0 Å². The molecule has 1 aliphatic heterocycles. The molecule has 1 saturated heterocycles. The van der Waals surface area contributed by atoms with E-state index < -0.39 is 0 Å². The maximum absolute atomic E-state index is 5.78. The SMILES string of the molecule is CC(C)CNCC1CCCCC1CCC1CCCO1. The van der Waals surface area contributed by atoms with E-state index in [4.69, 9.17) is 4.74 Å². The standard InChI is InChI=1S/C17H33NO/c1-14(2)12-18-13-16-7-4-3-6-15(16)9-10-17-8-5-11-19-17/h14-18H,3-13H2,1-2H3. The number of nitrogens with one attached hydrogen (secondary N) is 1. The summed E-state index contributed by atoms with van der Waals surface area (Å²) in [6.07, 6.45) is 11.7. The average molecular weight is 267 g/mol. The summed E-state index contributed by atoms with van der Waals surface area (Å²) >= 11 is 0. The van der Waals surface area contributed by atoms with Crippen molar-refractivity contribution in [3.63, 3.8) is 0 Å². The van der Waals surface area contributed by atoms with Gasteiger partial charge in [-0.2, -0.15) is 0 Å². The fourth-order valence-corrected chi connectivity index (χ4v) is 3.76. The van der Waals surface area contributed by atoms with Crippen molar-refractivity contribution in [2.24, 2.45) is 17.8 Å². The third-order valence-electron chi connectivity index (χ3n) is 4.91. The van der Waals surface area contributed by atoms with Crippen LogP contribution in [0.3, 0.4) is 0 Å². The zero-order valence-corrected chi connectivity index (χ0v) is 13.0. The van der Waals surface area contributed by atoms with Gasteiger partial charge in [0.15, 0.2) is 0 Å². The zero-order chi connectivity index (χ0) is 13.5. The van der Waals surface area contributed by atoms with E-state index in [-0.39, 0.29) is 0 Å². The maximum atomic E-state index is 5.78. The second-order valence-electron chi connectivity index (χ2n) is 7.07. The van der Waals surface area contributed by atoms with Crippen LogP contribution < -0.4 is 5.32 Å². The molecule has 2 rings (SSSR count). The van der Waals surface area contributed by atoms with Crippen LogP contribution in [0.4, 0.5) is 0 Å². The highest BCUT2D eigenvalue weighted by Crippen LogP contribution is 2.34. The molecule has 19 heavy (non-hydrogen) atoms. The summed E-state index contributed by atoms with van der Waals surface area (Å²) in [7, 11) is 0. The fraction of sp³-hybridized carbons (Fsp3) is 1.00. The van der Waals surface area contributed by atoms with E-state index in [1.807, 2.05) is 0 Å². The minimum atomic E-state index is 0.589. The lowest BCUT2D eigenvalue weighted by Gasteiger charge is -2.32. The van der Waals surface area contributed by atoms with Gasteiger partial charge >= 0.3 is 0 Å². The van der Waals surface area contributed by atoms with Crippen molar-refractivity contribution in [2.45, 2.75) is 71.3 Å². The van der Waals surface area contributed by atoms with Crippen LogP contribution in [0.15, 0.2) is 0 Å². The smallest absolute Gasteiger partial charge is 0.0576 e. The van der Waals surface area contributed by atoms with Crippen molar-refractivity contribution in [3.05, 3.63) is 0 Å². The Bertz CT molecular complexity index is 235. The highest BCUT2D eigenvalue weighted by molar-refractivity contribution is 4.79. The summed E-state index contributed by atoms with van der Waals surface area (Å²) in [4.78, 5) is 0. The summed E-state index contributed by atoms with van der Waals surface area (Å²) in [5, 5.41) is 3.68. The topological polar surface area (TPSA) is 21.3 Å². The minimum absolute atomic E-state index is 0.589. The van der Waals surface area contributed by atoms with Gasteiger partial charge in [0, 0.05) is 6.61 Å². The Balaban J connectivity index is 1.68. The van der Waals surface area contributed by atoms with Gasteiger partial charge in [0.05, 0.1) is 6.10 Å². The molecule has 112 valence electrons. The van der Waals surface area contributed by atoms with Crippen molar-refractivity contribution in [1.82, 2.24) is 5.32 Å². The average Bonchev–Trinajstić information content (AvgIpc) is 2.90. The molecule has 1 saturated carbocycles. The Morgan fingerprint density at radius 2 is 1.79 bits per heavy atom. The molecule has 3 atom stereocenters. The van der Waals surface area contributed by atoms with Crippen LogP contribution in [-0.4, -0.2) is 25.8 Å². The molecule has 2 fully saturated rings. The first-order valence-corrected chi connectivity index (χ1v) is 8.58. The van der Waals surface area contributed by atoms with Gasteiger partial charge in [-0.3, -0.25) is 0 Å². The third kappa shape index (κ3) is 5.43. The summed E-state index contributed by atoms with van der Waals surface area (Å²) in [5.41, 5.74) is 0. The van der Waals surface area contributed by atoms with Crippen LogP contribution in [0.25, 0.3) is 0 Å². The second-order valence-corrected chi connectivity index (χ2v) is 7.07. The predicted octanol–water partition coefficient (Wildman–Crippen LogP) is 4.00. The lowest BCUT2D eigenvalue weighted by atomic mass is 9.76. The summed E-state index contributed by atoms with van der Waals surface area (Å²) < 4.78 is 5.78. The number of rotatable bonds is 7. The number of hydrogen-bond donors (Lipinski definition) is 1. The summed E-state index contributed by atoms with van der Waals surface area (Å²) in [6.45, 7) is 8.02. The molecule has 1 N–H and O–H groups in total. The first kappa shape index (κ1) is 15.3. The highest BCUT2D eigenvalue weighted by atomic mass is 16.5. The molecule has 3 unspecified atom stereocenters.